The van der Waals surface area contributed by atoms with Crippen molar-refractivity contribution in [2.75, 3.05) is 32.8 Å². The Morgan fingerprint density at radius 2 is 2.36 bits per heavy atom. The SMILES string of the molecule is O=C1CCN(C(=O)OCCO)CCN1. The predicted octanol–water partition coefficient (Wildman–Crippen LogP) is -1.06. The van der Waals surface area contributed by atoms with Gasteiger partial charge in [-0.2, -0.15) is 0 Å². The Morgan fingerprint density at radius 1 is 1.57 bits per heavy atom. The van der Waals surface area contributed by atoms with Crippen LogP contribution in [-0.2, 0) is 9.53 Å². The first-order valence-corrected chi connectivity index (χ1v) is 4.53. The molecule has 0 atom stereocenters. The third-order valence-corrected chi connectivity index (χ3v) is 1.89. The number of nitrogens with one attached hydrogen (secondary N) is 1. The number of carbonyl (C=O) groups excluding carboxylic acids is 2. The number of amides is 2. The molecule has 0 bridgehead atoms. The first-order valence-electron chi connectivity index (χ1n) is 4.53. The number of nitrogens with zero attached hydrogens (tertiary/aromatic N) is 1. The molecular formula is C8H14N2O4. The molecule has 2 amide bonds. The van der Waals surface area contributed by atoms with Crippen molar-refractivity contribution in [3.05, 3.63) is 0 Å². The van der Waals surface area contributed by atoms with Gasteiger partial charge in [-0.25, -0.2) is 4.79 Å². The Balaban J connectivity index is 2.35. The molecule has 0 aliphatic carbocycles. The fraction of sp³-hybridized carbons (Fsp3) is 0.750. The Bertz CT molecular complexity index is 219. The smallest absolute Gasteiger partial charge is 0.409 e. The Kier molecular flexibility index (Phi) is 4.18. The van der Waals surface area contributed by atoms with Crippen molar-refractivity contribution in [2.45, 2.75) is 6.42 Å². The first kappa shape index (κ1) is 10.8. The van der Waals surface area contributed by atoms with Crippen molar-refractivity contribution in [1.82, 2.24) is 10.2 Å². The number of aliphatic hydroxyl groups is 1. The molecule has 14 heavy (non-hydrogen) atoms. The molecule has 80 valence electrons. The zero-order valence-electron chi connectivity index (χ0n) is 7.86. The highest BCUT2D eigenvalue weighted by Crippen LogP contribution is 1.99. The van der Waals surface area contributed by atoms with Crippen LogP contribution in [0.15, 0.2) is 0 Å². The minimum Gasteiger partial charge on any atom is -0.447 e. The van der Waals surface area contributed by atoms with E-state index in [1.54, 1.807) is 0 Å². The van der Waals surface area contributed by atoms with Crippen LogP contribution in [0.3, 0.4) is 0 Å². The standard InChI is InChI=1S/C8H14N2O4/c11-5-6-14-8(13)10-3-1-7(12)9-2-4-10/h11H,1-6H2,(H,9,12). The van der Waals surface area contributed by atoms with Gasteiger partial charge in [0, 0.05) is 26.1 Å². The van der Waals surface area contributed by atoms with Gasteiger partial charge in [0.25, 0.3) is 0 Å². The number of hydrogen-bond acceptors (Lipinski definition) is 4. The van der Waals surface area contributed by atoms with Gasteiger partial charge in [0.05, 0.1) is 6.61 Å². The topological polar surface area (TPSA) is 78.9 Å². The summed E-state index contributed by atoms with van der Waals surface area (Å²) in [5.41, 5.74) is 0. The fourth-order valence-corrected chi connectivity index (χ4v) is 1.17. The molecule has 1 heterocycles. The quantitative estimate of drug-likeness (QED) is 0.598. The van der Waals surface area contributed by atoms with Crippen molar-refractivity contribution in [2.24, 2.45) is 0 Å². The molecular weight excluding hydrogens is 188 g/mol. The van der Waals surface area contributed by atoms with Crippen molar-refractivity contribution in [1.29, 1.82) is 0 Å². The van der Waals surface area contributed by atoms with E-state index in [-0.39, 0.29) is 19.1 Å². The zero-order valence-corrected chi connectivity index (χ0v) is 7.86. The molecule has 1 fully saturated rings. The van der Waals surface area contributed by atoms with Crippen molar-refractivity contribution < 1.29 is 19.4 Å². The summed E-state index contributed by atoms with van der Waals surface area (Å²) in [4.78, 5) is 23.7. The molecule has 0 radical (unpaired) electrons. The number of ether oxygens (including phenoxy) is 1. The van der Waals surface area contributed by atoms with Gasteiger partial charge in [0.15, 0.2) is 0 Å². The van der Waals surface area contributed by atoms with Crippen molar-refractivity contribution >= 4 is 12.0 Å². The van der Waals surface area contributed by atoms with E-state index < -0.39 is 6.09 Å². The Labute approximate surface area is 81.8 Å². The van der Waals surface area contributed by atoms with Gasteiger partial charge in [0.2, 0.25) is 5.91 Å². The molecule has 0 spiro atoms. The second kappa shape index (κ2) is 5.43. The van der Waals surface area contributed by atoms with E-state index in [4.69, 9.17) is 9.84 Å². The normalized spacial score (nSPS) is 17.2. The fourth-order valence-electron chi connectivity index (χ4n) is 1.17. The summed E-state index contributed by atoms with van der Waals surface area (Å²) in [5.74, 6) is -0.0533. The predicted molar refractivity (Wildman–Crippen MR) is 47.6 cm³/mol. The lowest BCUT2D eigenvalue weighted by Crippen LogP contribution is -2.35. The summed E-state index contributed by atoms with van der Waals surface area (Å²) in [6.45, 7) is 1.09. The molecule has 0 aromatic heterocycles. The molecule has 1 aliphatic heterocycles. The van der Waals surface area contributed by atoms with Gasteiger partial charge in [-0.05, 0) is 0 Å². The van der Waals surface area contributed by atoms with Crippen LogP contribution in [0.1, 0.15) is 6.42 Å². The highest BCUT2D eigenvalue weighted by atomic mass is 16.6. The van der Waals surface area contributed by atoms with Gasteiger partial charge >= 0.3 is 6.09 Å². The first-order chi connectivity index (χ1) is 6.74. The molecule has 0 unspecified atom stereocenters. The van der Waals surface area contributed by atoms with Gasteiger partial charge in [0.1, 0.15) is 6.61 Å². The van der Waals surface area contributed by atoms with Crippen LogP contribution >= 0.6 is 0 Å². The Morgan fingerprint density at radius 3 is 3.07 bits per heavy atom. The lowest BCUT2D eigenvalue weighted by atomic mass is 10.4. The summed E-state index contributed by atoms with van der Waals surface area (Å²) < 4.78 is 4.72. The average molecular weight is 202 g/mol. The maximum Gasteiger partial charge on any atom is 0.409 e. The zero-order chi connectivity index (χ0) is 10.4. The highest BCUT2D eigenvalue weighted by molar-refractivity contribution is 5.77. The molecule has 1 rings (SSSR count). The lowest BCUT2D eigenvalue weighted by Gasteiger charge is -2.18. The van der Waals surface area contributed by atoms with Crippen LogP contribution in [0.25, 0.3) is 0 Å². The van der Waals surface area contributed by atoms with E-state index in [1.165, 1.54) is 4.90 Å². The van der Waals surface area contributed by atoms with E-state index in [0.717, 1.165) is 0 Å². The van der Waals surface area contributed by atoms with Crippen LogP contribution in [0.2, 0.25) is 0 Å². The largest absolute Gasteiger partial charge is 0.447 e. The summed E-state index contributed by atoms with van der Waals surface area (Å²) in [6, 6.07) is 0. The van der Waals surface area contributed by atoms with E-state index in [2.05, 4.69) is 5.32 Å². The van der Waals surface area contributed by atoms with E-state index in [1.807, 2.05) is 0 Å². The monoisotopic (exact) mass is 202 g/mol. The minimum atomic E-state index is -0.476. The van der Waals surface area contributed by atoms with Crippen molar-refractivity contribution in [3.8, 4) is 0 Å². The minimum absolute atomic E-state index is 0.00327. The number of rotatable bonds is 2. The van der Waals surface area contributed by atoms with Gasteiger partial charge < -0.3 is 20.1 Å². The molecule has 6 heteroatoms. The molecule has 0 aromatic rings. The van der Waals surface area contributed by atoms with E-state index in [0.29, 0.717) is 26.1 Å². The van der Waals surface area contributed by atoms with Crippen LogP contribution < -0.4 is 5.32 Å². The molecule has 0 saturated carbocycles. The lowest BCUT2D eigenvalue weighted by molar-refractivity contribution is -0.120. The van der Waals surface area contributed by atoms with Gasteiger partial charge in [-0.3, -0.25) is 4.79 Å². The summed E-state index contributed by atoms with van der Waals surface area (Å²) >= 11 is 0. The van der Waals surface area contributed by atoms with Crippen molar-refractivity contribution in [3.63, 3.8) is 0 Å². The van der Waals surface area contributed by atoms with Crippen LogP contribution in [-0.4, -0.2) is 54.9 Å². The number of hydrogen-bond donors (Lipinski definition) is 2. The maximum atomic E-state index is 11.3. The van der Waals surface area contributed by atoms with E-state index >= 15 is 0 Å². The molecule has 0 aromatic carbocycles. The van der Waals surface area contributed by atoms with Crippen LogP contribution in [0.4, 0.5) is 4.79 Å². The molecule has 6 nitrogen and oxygen atoms in total. The van der Waals surface area contributed by atoms with Gasteiger partial charge in [-0.1, -0.05) is 0 Å². The third-order valence-electron chi connectivity index (χ3n) is 1.89. The summed E-state index contributed by atoms with van der Waals surface area (Å²) in [7, 11) is 0. The molecule has 1 aliphatic rings. The Hall–Kier alpha value is -1.30. The summed E-state index contributed by atoms with van der Waals surface area (Å²) in [5, 5.41) is 11.1. The molecule has 2 N–H and O–H groups in total. The van der Waals surface area contributed by atoms with Gasteiger partial charge in [-0.15, -0.1) is 0 Å². The average Bonchev–Trinajstić information content (AvgIpc) is 2.39. The third kappa shape index (κ3) is 3.21. The number of carbonyl (C=O) groups is 2. The van der Waals surface area contributed by atoms with Crippen LogP contribution in [0.5, 0.6) is 0 Å². The van der Waals surface area contributed by atoms with Crippen LogP contribution in [0, 0.1) is 0 Å². The summed E-state index contributed by atoms with van der Waals surface area (Å²) in [6.07, 6.45) is -0.177. The number of aliphatic hydroxyl groups excluding tert-OH is 1. The molecule has 1 saturated heterocycles. The second-order valence-corrected chi connectivity index (χ2v) is 2.92. The van der Waals surface area contributed by atoms with E-state index in [9.17, 15) is 9.59 Å². The second-order valence-electron chi connectivity index (χ2n) is 2.92. The highest BCUT2D eigenvalue weighted by Gasteiger charge is 2.18. The maximum absolute atomic E-state index is 11.3.